The van der Waals surface area contributed by atoms with Gasteiger partial charge < -0.3 is 5.73 Å². The number of rotatable bonds is 4. The van der Waals surface area contributed by atoms with Crippen molar-refractivity contribution in [1.29, 1.82) is 0 Å². The van der Waals surface area contributed by atoms with Gasteiger partial charge in [0, 0.05) is 0 Å². The van der Waals surface area contributed by atoms with Crippen LogP contribution >= 0.6 is 35.0 Å². The Morgan fingerprint density at radius 2 is 2.00 bits per heavy atom. The van der Waals surface area contributed by atoms with E-state index in [2.05, 4.69) is 4.99 Å². The van der Waals surface area contributed by atoms with Crippen molar-refractivity contribution < 1.29 is 4.79 Å². The van der Waals surface area contributed by atoms with E-state index in [0.29, 0.717) is 0 Å². The molecule has 0 aromatic carbocycles. The van der Waals surface area contributed by atoms with Crippen molar-refractivity contribution in [3.8, 4) is 0 Å². The van der Waals surface area contributed by atoms with Gasteiger partial charge in [0.15, 0.2) is 5.78 Å². The molecule has 0 aliphatic carbocycles. The molecule has 1 atom stereocenters. The lowest BCUT2D eigenvalue weighted by atomic mass is 10.2. The molecule has 0 aromatic heterocycles. The molecule has 1 unspecified atom stereocenters. The molecule has 0 aliphatic heterocycles. The maximum absolute atomic E-state index is 11.1. The third-order valence-corrected chi connectivity index (χ3v) is 2.70. The maximum atomic E-state index is 11.1. The molecular weight excluding hydrogens is 243 g/mol. The molecule has 0 saturated heterocycles. The number of Topliss-reactive ketones (excluding diaryl/α,β-unsaturated/α-hetero) is 1. The number of hydrogen-bond donors (Lipinski definition) is 1. The second-order valence-electron chi connectivity index (χ2n) is 2.53. The molecule has 0 heterocycles. The Balaban J connectivity index is 4.98. The van der Waals surface area contributed by atoms with Crippen LogP contribution in [-0.4, -0.2) is 22.6 Å². The van der Waals surface area contributed by atoms with Crippen LogP contribution in [-0.2, 0) is 4.79 Å². The molecule has 0 bridgehead atoms. The minimum Gasteiger partial charge on any atom is -0.389 e. The zero-order chi connectivity index (χ0) is 11.3. The number of carbonyl (C=O) groups excluding carboxylic acids is 1. The number of halogens is 2. The van der Waals surface area contributed by atoms with Crippen LogP contribution in [0.3, 0.4) is 0 Å². The number of nitrogens with two attached hydrogens (primary N) is 1. The number of hydrogen-bond acceptors (Lipinski definition) is 4. The second-order valence-corrected chi connectivity index (χ2v) is 4.45. The van der Waals surface area contributed by atoms with Crippen LogP contribution in [0.1, 0.15) is 13.8 Å². The minimum absolute atomic E-state index is 0.0344. The first-order valence-corrected chi connectivity index (χ1v) is 5.87. The Hall–Kier alpha value is -0.190. The van der Waals surface area contributed by atoms with E-state index in [-0.39, 0.29) is 27.1 Å². The van der Waals surface area contributed by atoms with Gasteiger partial charge in [-0.1, -0.05) is 23.2 Å². The van der Waals surface area contributed by atoms with Crippen LogP contribution < -0.4 is 5.73 Å². The molecule has 0 rings (SSSR count). The summed E-state index contributed by atoms with van der Waals surface area (Å²) in [5.41, 5.74) is 5.39. The first kappa shape index (κ1) is 13.8. The van der Waals surface area contributed by atoms with Gasteiger partial charge in [-0.25, -0.2) is 0 Å². The average molecular weight is 255 g/mol. The van der Waals surface area contributed by atoms with Crippen molar-refractivity contribution in [3.63, 3.8) is 0 Å². The SMILES string of the molecule is CSC(C)/N=C(Cl)\C(C(C)=O)=C(/N)Cl. The fourth-order valence-corrected chi connectivity index (χ4v) is 1.61. The standard InChI is InChI=1S/C8H12Cl2N2OS/c1-4(13)6(7(9)11)8(10)12-5(2)14-3/h5H,11H2,1-3H3/b7-6-,12-8+. The van der Waals surface area contributed by atoms with Gasteiger partial charge in [-0.2, -0.15) is 0 Å². The van der Waals surface area contributed by atoms with Crippen LogP contribution in [0, 0.1) is 0 Å². The summed E-state index contributed by atoms with van der Waals surface area (Å²) < 4.78 is 0. The van der Waals surface area contributed by atoms with Crippen molar-refractivity contribution in [1.82, 2.24) is 0 Å². The Morgan fingerprint density at radius 3 is 2.29 bits per heavy atom. The van der Waals surface area contributed by atoms with Gasteiger partial charge in [0.1, 0.15) is 10.3 Å². The Labute approximate surface area is 97.7 Å². The third kappa shape index (κ3) is 4.35. The van der Waals surface area contributed by atoms with Crippen molar-refractivity contribution in [2.75, 3.05) is 6.26 Å². The highest BCUT2D eigenvalue weighted by Crippen LogP contribution is 2.15. The fourth-order valence-electron chi connectivity index (χ4n) is 0.689. The van der Waals surface area contributed by atoms with Crippen molar-refractivity contribution in [2.45, 2.75) is 19.2 Å². The summed E-state index contributed by atoms with van der Waals surface area (Å²) in [6.07, 6.45) is 1.89. The number of ketones is 1. The topological polar surface area (TPSA) is 55.5 Å². The summed E-state index contributed by atoms with van der Waals surface area (Å²) in [6, 6.07) is 0. The molecule has 0 spiro atoms. The first-order chi connectivity index (χ1) is 6.40. The maximum Gasteiger partial charge on any atom is 0.165 e. The molecule has 14 heavy (non-hydrogen) atoms. The normalized spacial score (nSPS) is 16.2. The van der Waals surface area contributed by atoms with Crippen LogP contribution in [0.4, 0.5) is 0 Å². The van der Waals surface area contributed by atoms with Gasteiger partial charge in [-0.05, 0) is 20.1 Å². The molecule has 2 N–H and O–H groups in total. The Morgan fingerprint density at radius 1 is 1.50 bits per heavy atom. The summed E-state index contributed by atoms with van der Waals surface area (Å²) >= 11 is 12.8. The first-order valence-electron chi connectivity index (χ1n) is 3.82. The third-order valence-electron chi connectivity index (χ3n) is 1.43. The molecule has 0 aromatic rings. The van der Waals surface area contributed by atoms with Crippen LogP contribution in [0.15, 0.2) is 15.7 Å². The molecule has 0 amide bonds. The highest BCUT2D eigenvalue weighted by molar-refractivity contribution is 7.99. The summed E-state index contributed by atoms with van der Waals surface area (Å²) in [7, 11) is 0. The highest BCUT2D eigenvalue weighted by atomic mass is 35.5. The zero-order valence-corrected chi connectivity index (χ0v) is 10.5. The van der Waals surface area contributed by atoms with Gasteiger partial charge in [0.2, 0.25) is 0 Å². The van der Waals surface area contributed by atoms with Gasteiger partial charge in [0.25, 0.3) is 0 Å². The Bertz CT molecular complexity index is 285. The number of aliphatic imine (C=N–C) groups is 1. The van der Waals surface area contributed by atoms with Crippen molar-refractivity contribution in [2.24, 2.45) is 10.7 Å². The van der Waals surface area contributed by atoms with E-state index < -0.39 is 0 Å². The predicted molar refractivity (Wildman–Crippen MR) is 64.0 cm³/mol. The number of allylic oxidation sites excluding steroid dienone is 1. The van der Waals surface area contributed by atoms with Gasteiger partial charge in [0.05, 0.1) is 10.9 Å². The lowest BCUT2D eigenvalue weighted by Gasteiger charge is -2.05. The molecule has 0 aliphatic rings. The highest BCUT2D eigenvalue weighted by Gasteiger charge is 2.14. The van der Waals surface area contributed by atoms with E-state index in [0.717, 1.165) is 0 Å². The quantitative estimate of drug-likeness (QED) is 0.476. The monoisotopic (exact) mass is 254 g/mol. The number of thioether (sulfide) groups is 1. The van der Waals surface area contributed by atoms with Crippen LogP contribution in [0.2, 0.25) is 0 Å². The number of carbonyl (C=O) groups is 1. The predicted octanol–water partition coefficient (Wildman–Crippen LogP) is 2.33. The van der Waals surface area contributed by atoms with E-state index in [1.54, 1.807) is 0 Å². The molecule has 0 fully saturated rings. The summed E-state index contributed by atoms with van der Waals surface area (Å²) in [4.78, 5) is 15.1. The molecule has 0 radical (unpaired) electrons. The Kier molecular flexibility index (Phi) is 6.24. The summed E-state index contributed by atoms with van der Waals surface area (Å²) in [6.45, 7) is 3.20. The fraction of sp³-hybridized carbons (Fsp3) is 0.500. The minimum atomic E-state index is -0.292. The molecular formula is C8H12Cl2N2OS. The van der Waals surface area contributed by atoms with Gasteiger partial charge in [-0.3, -0.25) is 9.79 Å². The van der Waals surface area contributed by atoms with Gasteiger partial charge >= 0.3 is 0 Å². The second kappa shape index (κ2) is 6.32. The van der Waals surface area contributed by atoms with E-state index in [9.17, 15) is 4.79 Å². The summed E-state index contributed by atoms with van der Waals surface area (Å²) in [5, 5.41) is -0.0979. The molecule has 80 valence electrons. The van der Waals surface area contributed by atoms with Gasteiger partial charge in [-0.15, -0.1) is 11.8 Å². The van der Waals surface area contributed by atoms with E-state index in [1.165, 1.54) is 18.7 Å². The van der Waals surface area contributed by atoms with Crippen LogP contribution in [0.5, 0.6) is 0 Å². The number of nitrogens with zero attached hydrogens (tertiary/aromatic N) is 1. The lowest BCUT2D eigenvalue weighted by molar-refractivity contribution is -0.113. The van der Waals surface area contributed by atoms with E-state index >= 15 is 0 Å². The summed E-state index contributed by atoms with van der Waals surface area (Å²) in [5.74, 6) is -0.292. The lowest BCUT2D eigenvalue weighted by Crippen LogP contribution is -2.12. The molecule has 6 heteroatoms. The molecule has 3 nitrogen and oxygen atoms in total. The largest absolute Gasteiger partial charge is 0.389 e. The van der Waals surface area contributed by atoms with Crippen LogP contribution in [0.25, 0.3) is 0 Å². The molecule has 0 saturated carbocycles. The van der Waals surface area contributed by atoms with E-state index in [1.807, 2.05) is 13.2 Å². The van der Waals surface area contributed by atoms with Crippen molar-refractivity contribution in [3.05, 3.63) is 10.7 Å². The zero-order valence-electron chi connectivity index (χ0n) is 8.17. The average Bonchev–Trinajstić information content (AvgIpc) is 2.02. The van der Waals surface area contributed by atoms with Crippen molar-refractivity contribution >= 4 is 45.9 Å². The smallest absolute Gasteiger partial charge is 0.165 e. The van der Waals surface area contributed by atoms with E-state index in [4.69, 9.17) is 28.9 Å².